The second kappa shape index (κ2) is 8.47. The summed E-state index contributed by atoms with van der Waals surface area (Å²) in [6, 6.07) is 5.12. The van der Waals surface area contributed by atoms with Gasteiger partial charge in [-0.3, -0.25) is 4.98 Å². The Bertz CT molecular complexity index is 802. The van der Waals surface area contributed by atoms with E-state index in [0.29, 0.717) is 25.5 Å². The van der Waals surface area contributed by atoms with E-state index < -0.39 is 10.0 Å². The third-order valence-electron chi connectivity index (χ3n) is 4.74. The van der Waals surface area contributed by atoms with E-state index in [1.807, 2.05) is 19.1 Å². The zero-order valence-corrected chi connectivity index (χ0v) is 16.6. The molecule has 0 N–H and O–H groups in total. The number of rotatable bonds is 7. The maximum Gasteiger partial charge on any atom is 0.256 e. The molecule has 0 aromatic carbocycles. The zero-order chi connectivity index (χ0) is 18.6. The van der Waals surface area contributed by atoms with Gasteiger partial charge in [-0.25, -0.2) is 8.42 Å². The highest BCUT2D eigenvalue weighted by molar-refractivity contribution is 7.91. The van der Waals surface area contributed by atoms with Crippen molar-refractivity contribution in [2.45, 2.75) is 30.0 Å². The van der Waals surface area contributed by atoms with E-state index in [9.17, 15) is 8.42 Å². The van der Waals surface area contributed by atoms with Gasteiger partial charge < -0.3 is 9.47 Å². The summed E-state index contributed by atoms with van der Waals surface area (Å²) < 4.78 is 39.5. The number of hydrogen-bond donors (Lipinski definition) is 0. The average Bonchev–Trinajstić information content (AvgIpc) is 3.17. The van der Waals surface area contributed by atoms with E-state index in [2.05, 4.69) is 4.98 Å². The van der Waals surface area contributed by atoms with Crippen molar-refractivity contribution in [3.63, 3.8) is 0 Å². The second-order valence-electron chi connectivity index (χ2n) is 6.37. The molecule has 2 aromatic heterocycles. The first-order valence-corrected chi connectivity index (χ1v) is 11.0. The Hall–Kier alpha value is -1.48. The van der Waals surface area contributed by atoms with Gasteiger partial charge in [0.05, 0.1) is 7.11 Å². The first-order valence-electron chi connectivity index (χ1n) is 8.65. The summed E-state index contributed by atoms with van der Waals surface area (Å²) in [5.74, 6) is 0.675. The number of thiophene rings is 1. The summed E-state index contributed by atoms with van der Waals surface area (Å²) in [4.78, 5) is 4.15. The lowest BCUT2D eigenvalue weighted by atomic mass is 9.99. The number of methoxy groups -OCH3 is 1. The molecule has 3 heterocycles. The fraction of sp³-hybridized carbons (Fsp3) is 0.500. The van der Waals surface area contributed by atoms with Crippen LogP contribution in [0.5, 0.6) is 5.75 Å². The molecule has 2 aromatic rings. The molecule has 1 unspecified atom stereocenters. The number of aromatic nitrogens is 1. The standard InChI is InChI=1S/C18H24N2O4S2/c1-14(16-4-3-8-19-12-16)20(13-15-5-9-24-10-6-15)26(21,22)18-17(23-2)7-11-25-18/h3-4,7-8,11-12,14-15H,5-6,9-10,13H2,1-2H3. The average molecular weight is 397 g/mol. The number of hydrogen-bond acceptors (Lipinski definition) is 6. The van der Waals surface area contributed by atoms with Crippen molar-refractivity contribution in [1.29, 1.82) is 0 Å². The van der Waals surface area contributed by atoms with E-state index in [-0.39, 0.29) is 16.2 Å². The third-order valence-corrected chi connectivity index (χ3v) is 8.10. The van der Waals surface area contributed by atoms with Crippen molar-refractivity contribution in [3.8, 4) is 5.75 Å². The zero-order valence-electron chi connectivity index (χ0n) is 15.0. The molecule has 0 amide bonds. The maximum absolute atomic E-state index is 13.5. The Morgan fingerprint density at radius 3 is 2.81 bits per heavy atom. The van der Waals surface area contributed by atoms with Gasteiger partial charge in [0, 0.05) is 38.2 Å². The van der Waals surface area contributed by atoms with E-state index in [1.54, 1.807) is 28.1 Å². The van der Waals surface area contributed by atoms with Crippen molar-refractivity contribution in [3.05, 3.63) is 41.5 Å². The van der Waals surface area contributed by atoms with Gasteiger partial charge in [0.15, 0.2) is 4.21 Å². The molecule has 1 atom stereocenters. The highest BCUT2D eigenvalue weighted by atomic mass is 32.2. The van der Waals surface area contributed by atoms with Gasteiger partial charge in [0.2, 0.25) is 0 Å². The highest BCUT2D eigenvalue weighted by Crippen LogP contribution is 2.37. The summed E-state index contributed by atoms with van der Waals surface area (Å²) >= 11 is 1.19. The molecule has 1 saturated heterocycles. The first kappa shape index (κ1) is 19.3. The van der Waals surface area contributed by atoms with Crippen LogP contribution in [0.25, 0.3) is 0 Å². The van der Waals surface area contributed by atoms with Crippen LogP contribution in [-0.4, -0.2) is 44.6 Å². The minimum Gasteiger partial charge on any atom is -0.494 e. The van der Waals surface area contributed by atoms with E-state index >= 15 is 0 Å². The second-order valence-corrected chi connectivity index (χ2v) is 9.37. The monoisotopic (exact) mass is 396 g/mol. The molecule has 0 spiro atoms. The van der Waals surface area contributed by atoms with Gasteiger partial charge in [-0.05, 0) is 48.8 Å². The Balaban J connectivity index is 1.96. The van der Waals surface area contributed by atoms with Crippen molar-refractivity contribution < 1.29 is 17.9 Å². The largest absolute Gasteiger partial charge is 0.494 e. The van der Waals surface area contributed by atoms with Gasteiger partial charge in [-0.1, -0.05) is 6.07 Å². The molecule has 0 radical (unpaired) electrons. The van der Waals surface area contributed by atoms with Gasteiger partial charge in [0.1, 0.15) is 5.75 Å². The maximum atomic E-state index is 13.5. The van der Waals surface area contributed by atoms with Crippen LogP contribution < -0.4 is 4.74 Å². The van der Waals surface area contributed by atoms with E-state index in [4.69, 9.17) is 9.47 Å². The van der Waals surface area contributed by atoms with Crippen LogP contribution in [-0.2, 0) is 14.8 Å². The molecule has 6 nitrogen and oxygen atoms in total. The topological polar surface area (TPSA) is 68.7 Å². The van der Waals surface area contributed by atoms with Crippen LogP contribution in [0.2, 0.25) is 0 Å². The molecule has 1 fully saturated rings. The Morgan fingerprint density at radius 2 is 2.15 bits per heavy atom. The Labute approximate surface area is 158 Å². The number of pyridine rings is 1. The molecule has 142 valence electrons. The minimum atomic E-state index is -3.69. The molecule has 1 aliphatic heterocycles. The lowest BCUT2D eigenvalue weighted by Crippen LogP contribution is -2.38. The van der Waals surface area contributed by atoms with Gasteiger partial charge in [-0.2, -0.15) is 4.31 Å². The summed E-state index contributed by atoms with van der Waals surface area (Å²) in [7, 11) is -2.19. The smallest absolute Gasteiger partial charge is 0.256 e. The number of nitrogens with zero attached hydrogens (tertiary/aromatic N) is 2. The van der Waals surface area contributed by atoms with Gasteiger partial charge >= 0.3 is 0 Å². The third kappa shape index (κ3) is 4.09. The fourth-order valence-corrected chi connectivity index (χ4v) is 6.25. The van der Waals surface area contributed by atoms with Crippen molar-refractivity contribution in [2.24, 2.45) is 5.92 Å². The Kier molecular flexibility index (Phi) is 6.29. The van der Waals surface area contributed by atoms with E-state index in [1.165, 1.54) is 18.4 Å². The van der Waals surface area contributed by atoms with E-state index in [0.717, 1.165) is 18.4 Å². The fourth-order valence-electron chi connectivity index (χ4n) is 3.17. The summed E-state index contributed by atoms with van der Waals surface area (Å²) in [6.07, 6.45) is 5.15. The van der Waals surface area contributed by atoms with Crippen LogP contribution in [0.1, 0.15) is 31.4 Å². The molecule has 8 heteroatoms. The minimum absolute atomic E-state index is 0.253. The molecule has 1 aliphatic rings. The normalized spacial score (nSPS) is 17.3. The van der Waals surface area contributed by atoms with Crippen molar-refractivity contribution in [1.82, 2.24) is 9.29 Å². The predicted molar refractivity (Wildman–Crippen MR) is 101 cm³/mol. The van der Waals surface area contributed by atoms with Crippen molar-refractivity contribution in [2.75, 3.05) is 26.9 Å². The lowest BCUT2D eigenvalue weighted by molar-refractivity contribution is 0.0581. The highest BCUT2D eigenvalue weighted by Gasteiger charge is 2.35. The van der Waals surface area contributed by atoms with Gasteiger partial charge in [0.25, 0.3) is 10.0 Å². The Morgan fingerprint density at radius 1 is 1.38 bits per heavy atom. The first-order chi connectivity index (χ1) is 12.5. The summed E-state index contributed by atoms with van der Waals surface area (Å²) in [6.45, 7) is 3.74. The predicted octanol–water partition coefficient (Wildman–Crippen LogP) is 3.33. The van der Waals surface area contributed by atoms with Crippen LogP contribution in [0.3, 0.4) is 0 Å². The van der Waals surface area contributed by atoms with Crippen LogP contribution in [0.4, 0.5) is 0 Å². The molecular formula is C18H24N2O4S2. The number of ether oxygens (including phenoxy) is 2. The molecule has 26 heavy (non-hydrogen) atoms. The molecule has 0 saturated carbocycles. The molecular weight excluding hydrogens is 372 g/mol. The molecule has 0 bridgehead atoms. The van der Waals surface area contributed by atoms with Crippen LogP contribution in [0.15, 0.2) is 40.2 Å². The van der Waals surface area contributed by atoms with Crippen molar-refractivity contribution >= 4 is 21.4 Å². The molecule has 0 aliphatic carbocycles. The quantitative estimate of drug-likeness (QED) is 0.718. The summed E-state index contributed by atoms with van der Waals surface area (Å²) in [5.41, 5.74) is 0.874. The van der Waals surface area contributed by atoms with Gasteiger partial charge in [-0.15, -0.1) is 11.3 Å². The number of sulfonamides is 1. The SMILES string of the molecule is COc1ccsc1S(=O)(=O)N(CC1CCOCC1)C(C)c1cccnc1. The summed E-state index contributed by atoms with van der Waals surface area (Å²) in [5, 5.41) is 1.74. The molecule has 3 rings (SSSR count). The lowest BCUT2D eigenvalue weighted by Gasteiger charge is -2.33. The van der Waals surface area contributed by atoms with Crippen LogP contribution >= 0.6 is 11.3 Å². The van der Waals surface area contributed by atoms with Crippen LogP contribution in [0, 0.1) is 5.92 Å².